The van der Waals surface area contributed by atoms with Crippen molar-refractivity contribution in [2.75, 3.05) is 0 Å². The third-order valence-corrected chi connectivity index (χ3v) is 4.80. The lowest BCUT2D eigenvalue weighted by molar-refractivity contribution is -0.130. The fourth-order valence-corrected chi connectivity index (χ4v) is 3.36. The van der Waals surface area contributed by atoms with Gasteiger partial charge in [0.15, 0.2) is 0 Å². The number of aryl methyl sites for hydroxylation is 1. The van der Waals surface area contributed by atoms with Crippen molar-refractivity contribution >= 4 is 11.6 Å². The third-order valence-electron chi connectivity index (χ3n) is 4.80. The van der Waals surface area contributed by atoms with Gasteiger partial charge in [0.1, 0.15) is 0 Å². The van der Waals surface area contributed by atoms with Crippen molar-refractivity contribution in [3.8, 4) is 5.69 Å². The molecule has 0 saturated carbocycles. The molecule has 1 aromatic heterocycles. The highest BCUT2D eigenvalue weighted by Gasteiger charge is 2.31. The van der Waals surface area contributed by atoms with E-state index in [9.17, 15) is 4.79 Å². The van der Waals surface area contributed by atoms with Gasteiger partial charge in [0.05, 0.1) is 11.8 Å². The summed E-state index contributed by atoms with van der Waals surface area (Å²) in [5, 5.41) is 6.24. The molecule has 2 aromatic carbocycles. The normalized spacial score (nSPS) is 16.6. The first-order valence-electron chi connectivity index (χ1n) is 8.79. The van der Waals surface area contributed by atoms with Crippen LogP contribution in [0, 0.1) is 6.92 Å². The van der Waals surface area contributed by atoms with Gasteiger partial charge in [-0.1, -0.05) is 42.0 Å². The van der Waals surface area contributed by atoms with E-state index in [0.29, 0.717) is 0 Å². The molecule has 1 aliphatic heterocycles. The molecule has 2 heterocycles. The van der Waals surface area contributed by atoms with E-state index in [4.69, 9.17) is 0 Å². The maximum Gasteiger partial charge on any atom is 0.240 e. The van der Waals surface area contributed by atoms with Crippen LogP contribution in [0.1, 0.15) is 36.1 Å². The van der Waals surface area contributed by atoms with Gasteiger partial charge in [-0.05, 0) is 42.3 Å². The number of benzene rings is 2. The molecule has 1 unspecified atom stereocenters. The van der Waals surface area contributed by atoms with E-state index >= 15 is 0 Å². The molecule has 0 aliphatic carbocycles. The van der Waals surface area contributed by atoms with Gasteiger partial charge in [-0.2, -0.15) is 5.10 Å². The minimum absolute atomic E-state index is 0.0328. The summed E-state index contributed by atoms with van der Waals surface area (Å²) < 4.78 is 2.07. The Balaban J connectivity index is 1.61. The number of amides is 1. The Kier molecular flexibility index (Phi) is 4.17. The summed E-state index contributed by atoms with van der Waals surface area (Å²) in [4.78, 5) is 12.1. The van der Waals surface area contributed by atoms with Gasteiger partial charge < -0.3 is 4.57 Å². The molecule has 0 radical (unpaired) electrons. The smallest absolute Gasteiger partial charge is 0.240 e. The molecule has 4 rings (SSSR count). The molecule has 0 fully saturated rings. The number of carbonyl (C=O) groups excluding carboxylic acids is 1. The van der Waals surface area contributed by atoms with E-state index in [0.717, 1.165) is 28.9 Å². The predicted octanol–water partition coefficient (Wildman–Crippen LogP) is 4.48. The Labute approximate surface area is 153 Å². The zero-order valence-electron chi connectivity index (χ0n) is 15.0. The Bertz CT molecular complexity index is 938. The molecule has 4 nitrogen and oxygen atoms in total. The Morgan fingerprint density at radius 1 is 1.00 bits per heavy atom. The van der Waals surface area contributed by atoms with Crippen LogP contribution >= 0.6 is 0 Å². The molecule has 0 saturated heterocycles. The van der Waals surface area contributed by atoms with Crippen LogP contribution in [0.15, 0.2) is 78.2 Å². The lowest BCUT2D eigenvalue weighted by atomic mass is 9.97. The van der Waals surface area contributed by atoms with Gasteiger partial charge in [-0.15, -0.1) is 0 Å². The largest absolute Gasteiger partial charge is 0.324 e. The highest BCUT2D eigenvalue weighted by atomic mass is 16.2. The second-order valence-electron chi connectivity index (χ2n) is 6.68. The van der Waals surface area contributed by atoms with E-state index in [1.54, 1.807) is 11.9 Å². The SMILES string of the molecule is CC(=O)N1N=C(c2ccc(-n3cccc3)cc2)CC1c1ccc(C)cc1. The molecule has 0 N–H and O–H groups in total. The first-order chi connectivity index (χ1) is 12.6. The van der Waals surface area contributed by atoms with Crippen LogP contribution in [0.2, 0.25) is 0 Å². The lowest BCUT2D eigenvalue weighted by Gasteiger charge is -2.20. The highest BCUT2D eigenvalue weighted by Crippen LogP contribution is 2.33. The summed E-state index contributed by atoms with van der Waals surface area (Å²) in [5.74, 6) is -0.0328. The van der Waals surface area contributed by atoms with E-state index in [1.165, 1.54) is 5.56 Å². The number of nitrogens with zero attached hydrogens (tertiary/aromatic N) is 3. The van der Waals surface area contributed by atoms with Gasteiger partial charge in [0.2, 0.25) is 5.91 Å². The Morgan fingerprint density at radius 3 is 2.27 bits per heavy atom. The maximum atomic E-state index is 12.1. The summed E-state index contributed by atoms with van der Waals surface area (Å²) in [5.41, 5.74) is 5.44. The summed E-state index contributed by atoms with van der Waals surface area (Å²) in [7, 11) is 0. The number of rotatable bonds is 3. The standard InChI is InChI=1S/C22H21N3O/c1-16-5-7-19(8-6-16)22-15-21(23-25(22)17(2)26)18-9-11-20(12-10-18)24-13-3-4-14-24/h3-14,22H,15H2,1-2H3. The number of hydrazone groups is 1. The molecular formula is C22H21N3O. The third kappa shape index (κ3) is 3.06. The van der Waals surface area contributed by atoms with Crippen LogP contribution < -0.4 is 0 Å². The van der Waals surface area contributed by atoms with Crippen molar-refractivity contribution in [3.05, 3.63) is 89.7 Å². The molecule has 3 aromatic rings. The van der Waals surface area contributed by atoms with Crippen LogP contribution in [0.5, 0.6) is 0 Å². The van der Waals surface area contributed by atoms with Crippen molar-refractivity contribution in [2.24, 2.45) is 5.10 Å². The first kappa shape index (κ1) is 16.3. The average molecular weight is 343 g/mol. The number of carbonyl (C=O) groups is 1. The van der Waals surface area contributed by atoms with Gasteiger partial charge in [0.25, 0.3) is 0 Å². The lowest BCUT2D eigenvalue weighted by Crippen LogP contribution is -2.24. The van der Waals surface area contributed by atoms with Crippen molar-refractivity contribution in [1.82, 2.24) is 9.58 Å². The van der Waals surface area contributed by atoms with Crippen LogP contribution in [0.4, 0.5) is 0 Å². The van der Waals surface area contributed by atoms with E-state index in [1.807, 2.05) is 24.5 Å². The average Bonchev–Trinajstić information content (AvgIpc) is 3.33. The molecule has 0 bridgehead atoms. The minimum atomic E-state index is -0.0350. The monoisotopic (exact) mass is 343 g/mol. The molecule has 1 atom stereocenters. The first-order valence-corrected chi connectivity index (χ1v) is 8.79. The van der Waals surface area contributed by atoms with E-state index < -0.39 is 0 Å². The molecule has 4 heteroatoms. The second-order valence-corrected chi connectivity index (χ2v) is 6.68. The molecule has 26 heavy (non-hydrogen) atoms. The zero-order chi connectivity index (χ0) is 18.1. The van der Waals surface area contributed by atoms with E-state index in [2.05, 4.69) is 65.1 Å². The van der Waals surface area contributed by atoms with Crippen molar-refractivity contribution in [2.45, 2.75) is 26.3 Å². The quantitative estimate of drug-likeness (QED) is 0.691. The zero-order valence-corrected chi connectivity index (χ0v) is 15.0. The van der Waals surface area contributed by atoms with Gasteiger partial charge in [-0.25, -0.2) is 5.01 Å². The summed E-state index contributed by atoms with van der Waals surface area (Å²) in [6.07, 6.45) is 4.77. The number of hydrogen-bond donors (Lipinski definition) is 0. The van der Waals surface area contributed by atoms with Crippen LogP contribution in [-0.4, -0.2) is 21.2 Å². The summed E-state index contributed by atoms with van der Waals surface area (Å²) >= 11 is 0. The molecule has 1 aliphatic rings. The summed E-state index contributed by atoms with van der Waals surface area (Å²) in [6.45, 7) is 3.64. The van der Waals surface area contributed by atoms with Crippen LogP contribution in [0.3, 0.4) is 0 Å². The topological polar surface area (TPSA) is 37.6 Å². The van der Waals surface area contributed by atoms with Gasteiger partial charge in [0, 0.05) is 31.4 Å². The van der Waals surface area contributed by atoms with Gasteiger partial charge >= 0.3 is 0 Å². The van der Waals surface area contributed by atoms with Crippen molar-refractivity contribution in [3.63, 3.8) is 0 Å². The second kappa shape index (κ2) is 6.64. The van der Waals surface area contributed by atoms with Crippen LogP contribution in [0.25, 0.3) is 5.69 Å². The van der Waals surface area contributed by atoms with Gasteiger partial charge in [-0.3, -0.25) is 4.79 Å². The molecule has 0 spiro atoms. The van der Waals surface area contributed by atoms with Crippen LogP contribution in [-0.2, 0) is 4.79 Å². The van der Waals surface area contributed by atoms with Crippen molar-refractivity contribution < 1.29 is 4.79 Å². The minimum Gasteiger partial charge on any atom is -0.324 e. The number of hydrogen-bond acceptors (Lipinski definition) is 2. The van der Waals surface area contributed by atoms with Crippen molar-refractivity contribution in [1.29, 1.82) is 0 Å². The fraction of sp³-hybridized carbons (Fsp3) is 0.182. The van der Waals surface area contributed by atoms with E-state index in [-0.39, 0.29) is 11.9 Å². The molecule has 130 valence electrons. The number of aromatic nitrogens is 1. The molecule has 1 amide bonds. The maximum absolute atomic E-state index is 12.1. The predicted molar refractivity (Wildman–Crippen MR) is 103 cm³/mol. The Morgan fingerprint density at radius 2 is 1.65 bits per heavy atom. The highest BCUT2D eigenvalue weighted by molar-refractivity contribution is 6.03. The Hall–Kier alpha value is -3.14. The fourth-order valence-electron chi connectivity index (χ4n) is 3.36. The summed E-state index contributed by atoms with van der Waals surface area (Å²) in [6, 6.07) is 20.6. The molecular weight excluding hydrogens is 322 g/mol.